The van der Waals surface area contributed by atoms with E-state index in [4.69, 9.17) is 4.74 Å². The first kappa shape index (κ1) is 12.3. The number of carbonyl (C=O) groups excluding carboxylic acids is 1. The fourth-order valence-electron chi connectivity index (χ4n) is 1.98. The minimum Gasteiger partial charge on any atom is -0.496 e. The zero-order chi connectivity index (χ0) is 12.8. The standard InChI is InChI=1S/C15H15NO2/c1-18-15-5-3-2-4-14(15)13(11-17)10-12-6-8-16-9-7-12/h2-9,11,13H,10H2,1H3. The number of hydrogen-bond acceptors (Lipinski definition) is 3. The smallest absolute Gasteiger partial charge is 0.127 e. The Balaban J connectivity index is 2.26. The van der Waals surface area contributed by atoms with Crippen LogP contribution in [-0.2, 0) is 11.2 Å². The van der Waals surface area contributed by atoms with Crippen LogP contribution in [0, 0.1) is 0 Å². The number of carbonyl (C=O) groups is 1. The van der Waals surface area contributed by atoms with Crippen LogP contribution in [0.4, 0.5) is 0 Å². The van der Waals surface area contributed by atoms with Crippen molar-refractivity contribution in [3.05, 3.63) is 59.9 Å². The molecule has 1 aromatic carbocycles. The molecule has 92 valence electrons. The summed E-state index contributed by atoms with van der Waals surface area (Å²) in [6, 6.07) is 11.5. The van der Waals surface area contributed by atoms with E-state index in [1.807, 2.05) is 36.4 Å². The normalized spacial score (nSPS) is 11.8. The van der Waals surface area contributed by atoms with Crippen LogP contribution in [0.3, 0.4) is 0 Å². The van der Waals surface area contributed by atoms with Crippen molar-refractivity contribution in [1.29, 1.82) is 0 Å². The van der Waals surface area contributed by atoms with Gasteiger partial charge in [-0.2, -0.15) is 0 Å². The maximum absolute atomic E-state index is 11.3. The van der Waals surface area contributed by atoms with Crippen LogP contribution in [0.1, 0.15) is 17.0 Å². The van der Waals surface area contributed by atoms with Gasteiger partial charge in [0.1, 0.15) is 12.0 Å². The van der Waals surface area contributed by atoms with Crippen LogP contribution >= 0.6 is 0 Å². The Bertz CT molecular complexity index is 511. The van der Waals surface area contributed by atoms with Crippen molar-refractivity contribution < 1.29 is 9.53 Å². The second kappa shape index (κ2) is 5.96. The Morgan fingerprint density at radius 2 is 1.94 bits per heavy atom. The van der Waals surface area contributed by atoms with Gasteiger partial charge in [0, 0.05) is 23.9 Å². The van der Waals surface area contributed by atoms with Crippen molar-refractivity contribution in [3.8, 4) is 5.75 Å². The van der Waals surface area contributed by atoms with Crippen LogP contribution in [-0.4, -0.2) is 18.4 Å². The van der Waals surface area contributed by atoms with E-state index in [2.05, 4.69) is 4.98 Å². The summed E-state index contributed by atoms with van der Waals surface area (Å²) in [7, 11) is 1.62. The van der Waals surface area contributed by atoms with Crippen LogP contribution in [0.2, 0.25) is 0 Å². The van der Waals surface area contributed by atoms with Crippen molar-refractivity contribution >= 4 is 6.29 Å². The minimum atomic E-state index is -0.191. The summed E-state index contributed by atoms with van der Waals surface area (Å²) >= 11 is 0. The second-order valence-electron chi connectivity index (χ2n) is 4.04. The summed E-state index contributed by atoms with van der Waals surface area (Å²) in [4.78, 5) is 15.3. The van der Waals surface area contributed by atoms with Crippen molar-refractivity contribution in [2.75, 3.05) is 7.11 Å². The highest BCUT2D eigenvalue weighted by atomic mass is 16.5. The summed E-state index contributed by atoms with van der Waals surface area (Å²) in [6.45, 7) is 0. The van der Waals surface area contributed by atoms with Gasteiger partial charge >= 0.3 is 0 Å². The van der Waals surface area contributed by atoms with Crippen LogP contribution < -0.4 is 4.74 Å². The van der Waals surface area contributed by atoms with Gasteiger partial charge in [-0.05, 0) is 30.2 Å². The van der Waals surface area contributed by atoms with Gasteiger partial charge in [0.25, 0.3) is 0 Å². The quantitative estimate of drug-likeness (QED) is 0.755. The van der Waals surface area contributed by atoms with Crippen molar-refractivity contribution in [2.45, 2.75) is 12.3 Å². The molecule has 0 spiro atoms. The molecule has 2 aromatic rings. The zero-order valence-electron chi connectivity index (χ0n) is 10.2. The maximum atomic E-state index is 11.3. The van der Waals surface area contributed by atoms with E-state index in [0.717, 1.165) is 23.2 Å². The largest absolute Gasteiger partial charge is 0.496 e. The molecule has 0 aliphatic carbocycles. The minimum absolute atomic E-state index is 0.191. The van der Waals surface area contributed by atoms with Crippen molar-refractivity contribution in [2.24, 2.45) is 0 Å². The monoisotopic (exact) mass is 241 g/mol. The number of pyridine rings is 1. The average molecular weight is 241 g/mol. The molecule has 18 heavy (non-hydrogen) atoms. The molecular weight excluding hydrogens is 226 g/mol. The highest BCUT2D eigenvalue weighted by Crippen LogP contribution is 2.27. The van der Waals surface area contributed by atoms with Crippen LogP contribution in [0.25, 0.3) is 0 Å². The average Bonchev–Trinajstić information content (AvgIpc) is 2.46. The molecule has 0 aliphatic heterocycles. The number of nitrogens with zero attached hydrogens (tertiary/aromatic N) is 1. The lowest BCUT2D eigenvalue weighted by atomic mass is 9.93. The van der Waals surface area contributed by atoms with E-state index in [1.165, 1.54) is 0 Å². The van der Waals surface area contributed by atoms with Gasteiger partial charge in [-0.3, -0.25) is 4.98 Å². The summed E-state index contributed by atoms with van der Waals surface area (Å²) in [5.41, 5.74) is 2.01. The number of benzene rings is 1. The van der Waals surface area contributed by atoms with Crippen molar-refractivity contribution in [3.63, 3.8) is 0 Å². The van der Waals surface area contributed by atoms with E-state index >= 15 is 0 Å². The number of aromatic nitrogens is 1. The number of ether oxygens (including phenoxy) is 1. The first-order chi connectivity index (χ1) is 8.85. The fourth-order valence-corrected chi connectivity index (χ4v) is 1.98. The Hall–Kier alpha value is -2.16. The van der Waals surface area contributed by atoms with Gasteiger partial charge < -0.3 is 9.53 Å². The highest BCUT2D eigenvalue weighted by molar-refractivity contribution is 5.65. The van der Waals surface area contributed by atoms with E-state index in [1.54, 1.807) is 19.5 Å². The predicted molar refractivity (Wildman–Crippen MR) is 69.7 cm³/mol. The Morgan fingerprint density at radius 3 is 2.61 bits per heavy atom. The Labute approximate surface area is 106 Å². The lowest BCUT2D eigenvalue weighted by molar-refractivity contribution is -0.109. The highest BCUT2D eigenvalue weighted by Gasteiger charge is 2.15. The van der Waals surface area contributed by atoms with E-state index in [0.29, 0.717) is 6.42 Å². The lowest BCUT2D eigenvalue weighted by Crippen LogP contribution is -2.06. The molecule has 1 unspecified atom stereocenters. The molecule has 0 saturated heterocycles. The molecule has 2 rings (SSSR count). The zero-order valence-corrected chi connectivity index (χ0v) is 10.2. The molecule has 0 bridgehead atoms. The van der Waals surface area contributed by atoms with E-state index in [-0.39, 0.29) is 5.92 Å². The Kier molecular flexibility index (Phi) is 4.07. The van der Waals surface area contributed by atoms with Gasteiger partial charge in [0.15, 0.2) is 0 Å². The van der Waals surface area contributed by atoms with Gasteiger partial charge in [-0.1, -0.05) is 18.2 Å². The third-order valence-corrected chi connectivity index (χ3v) is 2.91. The summed E-state index contributed by atoms with van der Waals surface area (Å²) < 4.78 is 5.29. The first-order valence-corrected chi connectivity index (χ1v) is 5.82. The molecule has 0 fully saturated rings. The molecule has 0 radical (unpaired) electrons. The number of hydrogen-bond donors (Lipinski definition) is 0. The topological polar surface area (TPSA) is 39.2 Å². The second-order valence-corrected chi connectivity index (χ2v) is 4.04. The number of para-hydroxylation sites is 1. The molecule has 3 nitrogen and oxygen atoms in total. The third kappa shape index (κ3) is 2.74. The van der Waals surface area contributed by atoms with E-state index in [9.17, 15) is 4.79 Å². The molecule has 1 heterocycles. The molecular formula is C15H15NO2. The molecule has 0 aliphatic rings. The fraction of sp³-hybridized carbons (Fsp3) is 0.200. The third-order valence-electron chi connectivity index (χ3n) is 2.91. The van der Waals surface area contributed by atoms with Gasteiger partial charge in [-0.15, -0.1) is 0 Å². The van der Waals surface area contributed by atoms with Crippen LogP contribution in [0.15, 0.2) is 48.8 Å². The lowest BCUT2D eigenvalue weighted by Gasteiger charge is -2.14. The van der Waals surface area contributed by atoms with Crippen molar-refractivity contribution in [1.82, 2.24) is 4.98 Å². The Morgan fingerprint density at radius 1 is 1.22 bits per heavy atom. The summed E-state index contributed by atoms with van der Waals surface area (Å²) in [5.74, 6) is 0.562. The number of methoxy groups -OCH3 is 1. The number of rotatable bonds is 5. The van der Waals surface area contributed by atoms with Gasteiger partial charge in [0.05, 0.1) is 7.11 Å². The SMILES string of the molecule is COc1ccccc1C(C=O)Cc1ccncc1. The maximum Gasteiger partial charge on any atom is 0.127 e. The molecule has 3 heteroatoms. The molecule has 0 saturated carbocycles. The predicted octanol–water partition coefficient (Wildman–Crippen LogP) is 2.62. The first-order valence-electron chi connectivity index (χ1n) is 5.82. The molecule has 0 N–H and O–H groups in total. The summed E-state index contributed by atoms with van der Waals surface area (Å²) in [6.07, 6.45) is 5.10. The van der Waals surface area contributed by atoms with Crippen LogP contribution in [0.5, 0.6) is 5.75 Å². The van der Waals surface area contributed by atoms with Gasteiger partial charge in [-0.25, -0.2) is 0 Å². The molecule has 0 amide bonds. The number of aldehydes is 1. The van der Waals surface area contributed by atoms with E-state index < -0.39 is 0 Å². The molecule has 1 atom stereocenters. The van der Waals surface area contributed by atoms with Gasteiger partial charge in [0.2, 0.25) is 0 Å². The molecule has 1 aromatic heterocycles. The summed E-state index contributed by atoms with van der Waals surface area (Å²) in [5, 5.41) is 0.